The molecular formula is C22H22N4O3. The second-order valence-electron chi connectivity index (χ2n) is 6.31. The number of nitrogens with one attached hydrogen (secondary N) is 1. The molecule has 7 nitrogen and oxygen atoms in total. The van der Waals surface area contributed by atoms with Gasteiger partial charge in [0.2, 0.25) is 5.95 Å². The molecule has 148 valence electrons. The number of rotatable bonds is 6. The van der Waals surface area contributed by atoms with Crippen LogP contribution >= 0.6 is 0 Å². The van der Waals surface area contributed by atoms with E-state index in [2.05, 4.69) is 15.3 Å². The van der Waals surface area contributed by atoms with E-state index in [4.69, 9.17) is 4.74 Å². The monoisotopic (exact) mass is 390 g/mol. The standard InChI is InChI=1S/C22H22N4O3/c1-4-29-21(28)17-12-8-9-13-18(17)24-20(27)19-14-15(2)23-22(25-19)26(3)16-10-6-5-7-11-16/h5-14H,4H2,1-3H3,(H,24,27). The zero-order chi connectivity index (χ0) is 20.8. The first-order valence-electron chi connectivity index (χ1n) is 9.21. The van der Waals surface area contributed by atoms with E-state index in [0.717, 1.165) is 5.69 Å². The maximum atomic E-state index is 12.8. The molecule has 29 heavy (non-hydrogen) atoms. The number of amides is 1. The maximum absolute atomic E-state index is 12.8. The lowest BCUT2D eigenvalue weighted by molar-refractivity contribution is 0.0527. The lowest BCUT2D eigenvalue weighted by Gasteiger charge is -2.18. The number of carbonyl (C=O) groups excluding carboxylic acids is 2. The van der Waals surface area contributed by atoms with Gasteiger partial charge in [0.25, 0.3) is 5.91 Å². The van der Waals surface area contributed by atoms with Crippen LogP contribution in [0.15, 0.2) is 60.7 Å². The Morgan fingerprint density at radius 1 is 1.03 bits per heavy atom. The molecular weight excluding hydrogens is 368 g/mol. The summed E-state index contributed by atoms with van der Waals surface area (Å²) in [6.07, 6.45) is 0. The van der Waals surface area contributed by atoms with Crippen LogP contribution in [-0.2, 0) is 4.74 Å². The van der Waals surface area contributed by atoms with Crippen molar-refractivity contribution < 1.29 is 14.3 Å². The van der Waals surface area contributed by atoms with Crippen LogP contribution in [0.3, 0.4) is 0 Å². The number of hydrogen-bond donors (Lipinski definition) is 1. The third-order valence-corrected chi connectivity index (χ3v) is 4.19. The van der Waals surface area contributed by atoms with Crippen molar-refractivity contribution >= 4 is 29.2 Å². The fraction of sp³-hybridized carbons (Fsp3) is 0.182. The molecule has 1 aromatic heterocycles. The van der Waals surface area contributed by atoms with Crippen molar-refractivity contribution in [3.8, 4) is 0 Å². The van der Waals surface area contributed by atoms with Crippen LogP contribution in [0.25, 0.3) is 0 Å². The Kier molecular flexibility index (Phi) is 6.19. The molecule has 0 spiro atoms. The maximum Gasteiger partial charge on any atom is 0.340 e. The molecule has 1 N–H and O–H groups in total. The van der Waals surface area contributed by atoms with Gasteiger partial charge in [-0.25, -0.2) is 14.8 Å². The number of nitrogens with zero attached hydrogens (tertiary/aromatic N) is 3. The van der Waals surface area contributed by atoms with Crippen LogP contribution in [0.1, 0.15) is 33.5 Å². The molecule has 0 saturated heterocycles. The summed E-state index contributed by atoms with van der Waals surface area (Å²) in [5, 5.41) is 2.75. The van der Waals surface area contributed by atoms with E-state index in [0.29, 0.717) is 17.3 Å². The van der Waals surface area contributed by atoms with Crippen molar-refractivity contribution in [3.63, 3.8) is 0 Å². The first-order chi connectivity index (χ1) is 14.0. The Hall–Kier alpha value is -3.74. The molecule has 2 aromatic carbocycles. The topological polar surface area (TPSA) is 84.4 Å². The normalized spacial score (nSPS) is 10.3. The molecule has 0 unspecified atom stereocenters. The summed E-state index contributed by atoms with van der Waals surface area (Å²) < 4.78 is 5.05. The van der Waals surface area contributed by atoms with Gasteiger partial charge in [0.15, 0.2) is 0 Å². The van der Waals surface area contributed by atoms with E-state index in [1.807, 2.05) is 37.4 Å². The largest absolute Gasteiger partial charge is 0.462 e. The molecule has 1 amide bonds. The highest BCUT2D eigenvalue weighted by atomic mass is 16.5. The summed E-state index contributed by atoms with van der Waals surface area (Å²) in [5.41, 5.74) is 2.41. The van der Waals surface area contributed by atoms with Gasteiger partial charge in [-0.15, -0.1) is 0 Å². The van der Waals surface area contributed by atoms with Gasteiger partial charge in [-0.1, -0.05) is 30.3 Å². The number of benzene rings is 2. The zero-order valence-corrected chi connectivity index (χ0v) is 16.5. The Morgan fingerprint density at radius 2 is 1.72 bits per heavy atom. The van der Waals surface area contributed by atoms with Crippen molar-refractivity contribution in [2.24, 2.45) is 0 Å². The highest BCUT2D eigenvalue weighted by Crippen LogP contribution is 2.21. The Balaban J connectivity index is 1.88. The van der Waals surface area contributed by atoms with E-state index in [1.54, 1.807) is 49.1 Å². The number of aryl methyl sites for hydroxylation is 1. The van der Waals surface area contributed by atoms with Crippen molar-refractivity contribution in [2.45, 2.75) is 13.8 Å². The van der Waals surface area contributed by atoms with Crippen LogP contribution in [0.2, 0.25) is 0 Å². The smallest absolute Gasteiger partial charge is 0.340 e. The van der Waals surface area contributed by atoms with Gasteiger partial charge in [0, 0.05) is 18.4 Å². The van der Waals surface area contributed by atoms with Gasteiger partial charge in [0.1, 0.15) is 5.69 Å². The molecule has 7 heteroatoms. The summed E-state index contributed by atoms with van der Waals surface area (Å²) in [4.78, 5) is 35.6. The lowest BCUT2D eigenvalue weighted by Crippen LogP contribution is -2.20. The molecule has 3 rings (SSSR count). The molecule has 0 saturated carbocycles. The van der Waals surface area contributed by atoms with Gasteiger partial charge in [0.05, 0.1) is 17.9 Å². The quantitative estimate of drug-likeness (QED) is 0.641. The number of carbonyl (C=O) groups is 2. The summed E-state index contributed by atoms with van der Waals surface area (Å²) in [5.74, 6) is -0.526. The number of ether oxygens (including phenoxy) is 1. The van der Waals surface area contributed by atoms with E-state index in [-0.39, 0.29) is 17.9 Å². The minimum absolute atomic E-state index is 0.203. The number of para-hydroxylation sites is 2. The minimum atomic E-state index is -0.494. The number of hydrogen-bond acceptors (Lipinski definition) is 6. The predicted octanol–water partition coefficient (Wildman–Crippen LogP) is 3.98. The van der Waals surface area contributed by atoms with Crippen LogP contribution in [0, 0.1) is 6.92 Å². The summed E-state index contributed by atoms with van der Waals surface area (Å²) >= 11 is 0. The first-order valence-corrected chi connectivity index (χ1v) is 9.21. The Morgan fingerprint density at radius 3 is 2.45 bits per heavy atom. The number of anilines is 3. The van der Waals surface area contributed by atoms with Crippen molar-refractivity contribution in [3.05, 3.63) is 77.6 Å². The third kappa shape index (κ3) is 4.76. The molecule has 0 atom stereocenters. The van der Waals surface area contributed by atoms with Crippen molar-refractivity contribution in [1.82, 2.24) is 9.97 Å². The lowest BCUT2D eigenvalue weighted by atomic mass is 10.1. The summed E-state index contributed by atoms with van der Waals surface area (Å²) in [7, 11) is 1.84. The Labute approximate surface area is 169 Å². The molecule has 1 heterocycles. The van der Waals surface area contributed by atoms with E-state index in [9.17, 15) is 9.59 Å². The van der Waals surface area contributed by atoms with Gasteiger partial charge in [-0.05, 0) is 44.2 Å². The van der Waals surface area contributed by atoms with E-state index < -0.39 is 11.9 Å². The molecule has 0 aliphatic rings. The first kappa shape index (κ1) is 20.0. The van der Waals surface area contributed by atoms with Crippen molar-refractivity contribution in [1.29, 1.82) is 0 Å². The molecule has 0 aliphatic heterocycles. The molecule has 0 bridgehead atoms. The fourth-order valence-corrected chi connectivity index (χ4v) is 2.75. The van der Waals surface area contributed by atoms with Crippen LogP contribution < -0.4 is 10.2 Å². The van der Waals surface area contributed by atoms with E-state index >= 15 is 0 Å². The number of esters is 1. The average molecular weight is 390 g/mol. The van der Waals surface area contributed by atoms with Gasteiger partial charge >= 0.3 is 5.97 Å². The third-order valence-electron chi connectivity index (χ3n) is 4.19. The average Bonchev–Trinajstić information content (AvgIpc) is 2.74. The van der Waals surface area contributed by atoms with Crippen molar-refractivity contribution in [2.75, 3.05) is 23.9 Å². The van der Waals surface area contributed by atoms with Gasteiger partial charge in [-0.2, -0.15) is 0 Å². The van der Waals surface area contributed by atoms with Gasteiger partial charge < -0.3 is 15.0 Å². The fourth-order valence-electron chi connectivity index (χ4n) is 2.75. The zero-order valence-electron chi connectivity index (χ0n) is 16.5. The second-order valence-corrected chi connectivity index (χ2v) is 6.31. The SMILES string of the molecule is CCOC(=O)c1ccccc1NC(=O)c1cc(C)nc(N(C)c2ccccc2)n1. The molecule has 0 fully saturated rings. The Bertz CT molecular complexity index is 1020. The highest BCUT2D eigenvalue weighted by molar-refractivity contribution is 6.07. The highest BCUT2D eigenvalue weighted by Gasteiger charge is 2.18. The summed E-state index contributed by atoms with van der Waals surface area (Å²) in [6, 6.07) is 17.9. The van der Waals surface area contributed by atoms with Crippen LogP contribution in [0.4, 0.5) is 17.3 Å². The molecule has 0 radical (unpaired) electrons. The van der Waals surface area contributed by atoms with E-state index in [1.165, 1.54) is 0 Å². The van der Waals surface area contributed by atoms with Crippen LogP contribution in [-0.4, -0.2) is 35.5 Å². The molecule has 3 aromatic rings. The van der Waals surface area contributed by atoms with Crippen LogP contribution in [0.5, 0.6) is 0 Å². The number of aromatic nitrogens is 2. The molecule has 0 aliphatic carbocycles. The van der Waals surface area contributed by atoms with Gasteiger partial charge in [-0.3, -0.25) is 4.79 Å². The predicted molar refractivity (Wildman–Crippen MR) is 112 cm³/mol. The minimum Gasteiger partial charge on any atom is -0.462 e. The summed E-state index contributed by atoms with van der Waals surface area (Å²) in [6.45, 7) is 3.78. The second kappa shape index (κ2) is 8.97.